The van der Waals surface area contributed by atoms with Crippen LogP contribution >= 0.6 is 11.8 Å². The molecule has 98 valence electrons. The smallest absolute Gasteiger partial charge is 0.271 e. The lowest BCUT2D eigenvalue weighted by molar-refractivity contribution is -0.384. The van der Waals surface area contributed by atoms with E-state index >= 15 is 0 Å². The van der Waals surface area contributed by atoms with Crippen LogP contribution in [0.2, 0.25) is 0 Å². The van der Waals surface area contributed by atoms with Gasteiger partial charge in [0.15, 0.2) is 0 Å². The Morgan fingerprint density at radius 1 is 1.58 bits per heavy atom. The topological polar surface area (TPSA) is 87.8 Å². The summed E-state index contributed by atoms with van der Waals surface area (Å²) in [5.41, 5.74) is 3.14. The molecule has 1 aromatic rings. The normalized spacial score (nSPS) is 21.1. The minimum absolute atomic E-state index is 0.0128. The molecule has 1 unspecified atom stereocenters. The molecule has 0 spiro atoms. The number of nitro groups is 1. The molecule has 2 aliphatic rings. The molecule has 0 aromatic heterocycles. The van der Waals surface area contributed by atoms with Crippen LogP contribution in [-0.4, -0.2) is 28.5 Å². The van der Waals surface area contributed by atoms with Crippen LogP contribution in [0.3, 0.4) is 0 Å². The highest BCUT2D eigenvalue weighted by Crippen LogP contribution is 2.39. The highest BCUT2D eigenvalue weighted by atomic mass is 32.2. The van der Waals surface area contributed by atoms with E-state index in [9.17, 15) is 14.9 Å². The van der Waals surface area contributed by atoms with Crippen LogP contribution in [0.15, 0.2) is 28.2 Å². The molecule has 0 saturated carbocycles. The van der Waals surface area contributed by atoms with Crippen molar-refractivity contribution in [3.63, 3.8) is 0 Å². The van der Waals surface area contributed by atoms with E-state index in [4.69, 9.17) is 0 Å². The Kier molecular flexibility index (Phi) is 2.67. The van der Waals surface area contributed by atoms with Crippen LogP contribution in [0.4, 0.5) is 11.4 Å². The molecule has 8 heteroatoms. The van der Waals surface area contributed by atoms with Crippen LogP contribution in [0.5, 0.6) is 0 Å². The summed E-state index contributed by atoms with van der Waals surface area (Å²) in [6.45, 7) is 1.75. The van der Waals surface area contributed by atoms with Crippen LogP contribution in [0.25, 0.3) is 0 Å². The summed E-state index contributed by atoms with van der Waals surface area (Å²) in [4.78, 5) is 24.8. The van der Waals surface area contributed by atoms with Gasteiger partial charge in [-0.2, -0.15) is 5.10 Å². The number of rotatable bonds is 1. The number of nitrogens with zero attached hydrogens (tertiary/aromatic N) is 3. The molecule has 7 nitrogen and oxygen atoms in total. The first-order valence-electron chi connectivity index (χ1n) is 5.65. The number of hydrogen-bond donors (Lipinski definition) is 1. The third-order valence-corrected chi connectivity index (χ3v) is 4.17. The number of hydrogen-bond acceptors (Lipinski definition) is 6. The van der Waals surface area contributed by atoms with Crippen molar-refractivity contribution in [2.75, 3.05) is 10.7 Å². The van der Waals surface area contributed by atoms with Gasteiger partial charge in [0.2, 0.25) is 0 Å². The van der Waals surface area contributed by atoms with Crippen molar-refractivity contribution in [2.24, 2.45) is 5.10 Å². The summed E-state index contributed by atoms with van der Waals surface area (Å²) in [6.07, 6.45) is 0. The number of anilines is 1. The summed E-state index contributed by atoms with van der Waals surface area (Å²) in [5, 5.41) is 14.9. The first-order chi connectivity index (χ1) is 9.08. The summed E-state index contributed by atoms with van der Waals surface area (Å²) in [6, 6.07) is 4.26. The van der Waals surface area contributed by atoms with E-state index in [1.165, 1.54) is 12.1 Å². The van der Waals surface area contributed by atoms with E-state index in [0.717, 1.165) is 4.90 Å². The number of benzene rings is 1. The van der Waals surface area contributed by atoms with E-state index in [-0.39, 0.29) is 11.6 Å². The zero-order chi connectivity index (χ0) is 13.6. The molecule has 19 heavy (non-hydrogen) atoms. The number of non-ortho nitro benzene ring substituents is 1. The van der Waals surface area contributed by atoms with Crippen LogP contribution in [-0.2, 0) is 4.79 Å². The number of nitrogens with one attached hydrogen (secondary N) is 1. The summed E-state index contributed by atoms with van der Waals surface area (Å²) in [5.74, 6) is 1.13. The SMILES string of the molecule is CC1C(=O)NN=C2CSc3ccc([N+](=O)[O-])cc3N21. The molecule has 2 heterocycles. The minimum Gasteiger partial charge on any atom is -0.314 e. The van der Waals surface area contributed by atoms with E-state index in [0.29, 0.717) is 17.3 Å². The molecule has 1 N–H and O–H groups in total. The molecule has 1 atom stereocenters. The monoisotopic (exact) mass is 278 g/mol. The minimum atomic E-state index is -0.439. The van der Waals surface area contributed by atoms with E-state index in [1.807, 2.05) is 0 Å². The third kappa shape index (κ3) is 1.84. The maximum atomic E-state index is 11.7. The quantitative estimate of drug-likeness (QED) is 0.618. The lowest BCUT2D eigenvalue weighted by Gasteiger charge is -2.37. The molecule has 0 saturated heterocycles. The summed E-state index contributed by atoms with van der Waals surface area (Å²) < 4.78 is 0. The summed E-state index contributed by atoms with van der Waals surface area (Å²) in [7, 11) is 0. The van der Waals surface area contributed by atoms with Gasteiger partial charge >= 0.3 is 0 Å². The third-order valence-electron chi connectivity index (χ3n) is 3.11. The molecule has 0 bridgehead atoms. The fraction of sp³-hybridized carbons (Fsp3) is 0.273. The molecular formula is C11H10N4O3S. The van der Waals surface area contributed by atoms with Gasteiger partial charge in [0.05, 0.1) is 16.4 Å². The van der Waals surface area contributed by atoms with Crippen molar-refractivity contribution in [1.29, 1.82) is 0 Å². The van der Waals surface area contributed by atoms with Gasteiger partial charge in [-0.3, -0.25) is 14.9 Å². The number of hydrazone groups is 1. The zero-order valence-electron chi connectivity index (χ0n) is 9.99. The Bertz CT molecular complexity index is 616. The van der Waals surface area contributed by atoms with Gasteiger partial charge in [0, 0.05) is 17.0 Å². The number of amidine groups is 1. The van der Waals surface area contributed by atoms with Crippen LogP contribution < -0.4 is 10.3 Å². The van der Waals surface area contributed by atoms with Gasteiger partial charge in [-0.1, -0.05) is 0 Å². The Morgan fingerprint density at radius 3 is 3.11 bits per heavy atom. The second-order valence-corrected chi connectivity index (χ2v) is 5.27. The Labute approximate surface area is 112 Å². The fourth-order valence-electron chi connectivity index (χ4n) is 2.13. The van der Waals surface area contributed by atoms with Crippen molar-refractivity contribution in [3.05, 3.63) is 28.3 Å². The van der Waals surface area contributed by atoms with Gasteiger partial charge in [0.1, 0.15) is 11.9 Å². The lowest BCUT2D eigenvalue weighted by atomic mass is 10.1. The van der Waals surface area contributed by atoms with E-state index in [2.05, 4.69) is 10.5 Å². The molecule has 1 amide bonds. The zero-order valence-corrected chi connectivity index (χ0v) is 10.8. The molecule has 2 aliphatic heterocycles. The van der Waals surface area contributed by atoms with Crippen molar-refractivity contribution in [3.8, 4) is 0 Å². The molecule has 0 aliphatic carbocycles. The predicted octanol–water partition coefficient (Wildman–Crippen LogP) is 1.34. The van der Waals surface area contributed by atoms with Crippen molar-refractivity contribution in [2.45, 2.75) is 17.9 Å². The molecule has 0 fully saturated rings. The highest BCUT2D eigenvalue weighted by Gasteiger charge is 2.35. The average Bonchev–Trinajstić information content (AvgIpc) is 2.41. The van der Waals surface area contributed by atoms with Crippen molar-refractivity contribution >= 4 is 34.9 Å². The van der Waals surface area contributed by atoms with Gasteiger partial charge in [-0.25, -0.2) is 5.43 Å². The number of carbonyl (C=O) groups is 1. The van der Waals surface area contributed by atoms with Crippen LogP contribution in [0, 0.1) is 10.1 Å². The second-order valence-electron chi connectivity index (χ2n) is 4.25. The maximum Gasteiger partial charge on any atom is 0.271 e. The van der Waals surface area contributed by atoms with Crippen LogP contribution in [0.1, 0.15) is 6.92 Å². The van der Waals surface area contributed by atoms with Crippen molar-refractivity contribution in [1.82, 2.24) is 5.43 Å². The van der Waals surface area contributed by atoms with Gasteiger partial charge in [-0.05, 0) is 13.0 Å². The first-order valence-corrected chi connectivity index (χ1v) is 6.63. The Balaban J connectivity index is 2.13. The van der Waals surface area contributed by atoms with E-state index in [1.54, 1.807) is 29.7 Å². The fourth-order valence-corrected chi connectivity index (χ4v) is 3.09. The molecule has 0 radical (unpaired) electrons. The number of carbonyl (C=O) groups excluding carboxylic acids is 1. The van der Waals surface area contributed by atoms with Gasteiger partial charge < -0.3 is 4.90 Å². The predicted molar refractivity (Wildman–Crippen MR) is 71.3 cm³/mol. The average molecular weight is 278 g/mol. The van der Waals surface area contributed by atoms with E-state index < -0.39 is 11.0 Å². The van der Waals surface area contributed by atoms with Crippen molar-refractivity contribution < 1.29 is 9.72 Å². The number of amides is 1. The molecular weight excluding hydrogens is 268 g/mol. The van der Waals surface area contributed by atoms with Gasteiger partial charge in [-0.15, -0.1) is 11.8 Å². The largest absolute Gasteiger partial charge is 0.314 e. The maximum absolute atomic E-state index is 11.7. The summed E-state index contributed by atoms with van der Waals surface area (Å²) >= 11 is 1.55. The number of fused-ring (bicyclic) bond motifs is 3. The highest BCUT2D eigenvalue weighted by molar-refractivity contribution is 8.00. The standard InChI is InChI=1S/C11H10N4O3S/c1-6-11(16)13-12-10-5-19-9-3-2-7(15(17)18)4-8(9)14(6)10/h2-4,6H,5H2,1H3,(H,13,16). The second kappa shape index (κ2) is 4.23. The molecule has 3 rings (SSSR count). The Morgan fingerprint density at radius 2 is 2.37 bits per heavy atom. The molecule has 1 aromatic carbocycles. The van der Waals surface area contributed by atoms with Gasteiger partial charge in [0.25, 0.3) is 11.6 Å². The first kappa shape index (κ1) is 12.0. The number of thioether (sulfide) groups is 1. The Hall–Kier alpha value is -2.09. The lowest BCUT2D eigenvalue weighted by Crippen LogP contribution is -2.54. The number of nitro benzene ring substituents is 1.